The topological polar surface area (TPSA) is 26.3 Å². The fraction of sp³-hybridized carbons (Fsp3) is 0.750. The first kappa shape index (κ1) is 9.91. The van der Waals surface area contributed by atoms with Crippen molar-refractivity contribution in [3.05, 3.63) is 12.2 Å². The lowest BCUT2D eigenvalue weighted by atomic mass is 9.82. The highest BCUT2D eigenvalue weighted by Crippen LogP contribution is 2.28. The fourth-order valence-corrected chi connectivity index (χ4v) is 2.39. The van der Waals surface area contributed by atoms with Crippen LogP contribution in [0.1, 0.15) is 32.1 Å². The van der Waals surface area contributed by atoms with Crippen LogP contribution < -0.4 is 0 Å². The van der Waals surface area contributed by atoms with Gasteiger partial charge in [-0.25, -0.2) is 0 Å². The Hall–Kier alpha value is -0.630. The Kier molecular flexibility index (Phi) is 3.35. The van der Waals surface area contributed by atoms with Crippen molar-refractivity contribution in [3.8, 4) is 0 Å². The molecule has 14 heavy (non-hydrogen) atoms. The molecule has 1 saturated heterocycles. The molecule has 0 amide bonds. The van der Waals surface area contributed by atoms with E-state index in [-0.39, 0.29) is 5.92 Å². The summed E-state index contributed by atoms with van der Waals surface area (Å²) in [5.41, 5.74) is 0. The molecule has 0 unspecified atom stereocenters. The van der Waals surface area contributed by atoms with Crippen LogP contribution in [0.3, 0.4) is 0 Å². The predicted octanol–water partition coefficient (Wildman–Crippen LogP) is 2.34. The van der Waals surface area contributed by atoms with Gasteiger partial charge in [0.15, 0.2) is 0 Å². The second-order valence-corrected chi connectivity index (χ2v) is 4.30. The van der Waals surface area contributed by atoms with E-state index >= 15 is 0 Å². The Balaban J connectivity index is 2.06. The molecule has 0 radical (unpaired) electrons. The molecule has 1 fully saturated rings. The van der Waals surface area contributed by atoms with Crippen molar-refractivity contribution in [1.82, 2.24) is 0 Å². The average Bonchev–Trinajstić information content (AvgIpc) is 2.30. The standard InChI is InChI=1S/C12H18O2/c13-12-6-4-2-1-3-5-10-7-8-14-9-11(10)12/h1,3,10-11H,2,4-9H2/b3-1-/t10-,11-/m0/s1. The van der Waals surface area contributed by atoms with Crippen molar-refractivity contribution in [2.75, 3.05) is 13.2 Å². The Bertz CT molecular complexity index is 232. The number of fused-ring (bicyclic) bond motifs is 1. The SMILES string of the molecule is O=C1CCC/C=C\C[C@H]2CCOC[C@H]12. The maximum absolute atomic E-state index is 11.8. The molecule has 78 valence electrons. The molecule has 2 nitrogen and oxygen atoms in total. The molecule has 0 aromatic carbocycles. The molecule has 2 aliphatic rings. The lowest BCUT2D eigenvalue weighted by molar-refractivity contribution is -0.129. The van der Waals surface area contributed by atoms with Crippen LogP contribution in [0.15, 0.2) is 12.2 Å². The monoisotopic (exact) mass is 194 g/mol. The van der Waals surface area contributed by atoms with E-state index in [1.807, 2.05) is 0 Å². The number of Topliss-reactive ketones (excluding diaryl/α,β-unsaturated/α-hetero) is 1. The zero-order chi connectivity index (χ0) is 9.80. The minimum Gasteiger partial charge on any atom is -0.381 e. The normalized spacial score (nSPS) is 36.4. The molecule has 0 aromatic heterocycles. The van der Waals surface area contributed by atoms with Crippen molar-refractivity contribution in [3.63, 3.8) is 0 Å². The molecule has 2 atom stereocenters. The Morgan fingerprint density at radius 3 is 3.21 bits per heavy atom. The third-order valence-corrected chi connectivity index (χ3v) is 3.31. The summed E-state index contributed by atoms with van der Waals surface area (Å²) in [6.07, 6.45) is 9.42. The maximum Gasteiger partial charge on any atom is 0.138 e. The summed E-state index contributed by atoms with van der Waals surface area (Å²) in [5.74, 6) is 1.16. The lowest BCUT2D eigenvalue weighted by Gasteiger charge is -2.29. The van der Waals surface area contributed by atoms with Gasteiger partial charge in [0, 0.05) is 18.9 Å². The second-order valence-electron chi connectivity index (χ2n) is 4.30. The summed E-state index contributed by atoms with van der Waals surface area (Å²) in [6.45, 7) is 1.50. The largest absolute Gasteiger partial charge is 0.381 e. The first-order valence-corrected chi connectivity index (χ1v) is 5.63. The van der Waals surface area contributed by atoms with Gasteiger partial charge in [-0.1, -0.05) is 12.2 Å². The zero-order valence-electron chi connectivity index (χ0n) is 8.58. The van der Waals surface area contributed by atoms with Crippen molar-refractivity contribution in [1.29, 1.82) is 0 Å². The van der Waals surface area contributed by atoms with E-state index < -0.39 is 0 Å². The average molecular weight is 194 g/mol. The Labute approximate surface area is 85.3 Å². The number of rotatable bonds is 0. The Morgan fingerprint density at radius 1 is 1.36 bits per heavy atom. The van der Waals surface area contributed by atoms with Gasteiger partial charge in [0.05, 0.1) is 6.61 Å². The molecule has 2 heteroatoms. The molecule has 0 N–H and O–H groups in total. The highest BCUT2D eigenvalue weighted by molar-refractivity contribution is 5.81. The number of ketones is 1. The molecule has 0 saturated carbocycles. The highest BCUT2D eigenvalue weighted by Gasteiger charge is 2.30. The van der Waals surface area contributed by atoms with Crippen LogP contribution >= 0.6 is 0 Å². The first-order valence-electron chi connectivity index (χ1n) is 5.63. The quantitative estimate of drug-likeness (QED) is 0.553. The number of hydrogen-bond acceptors (Lipinski definition) is 2. The summed E-state index contributed by atoms with van der Waals surface area (Å²) in [7, 11) is 0. The van der Waals surface area contributed by atoms with Gasteiger partial charge in [-0.15, -0.1) is 0 Å². The van der Waals surface area contributed by atoms with Crippen LogP contribution in [-0.4, -0.2) is 19.0 Å². The van der Waals surface area contributed by atoms with Gasteiger partial charge in [-0.05, 0) is 31.6 Å². The Morgan fingerprint density at radius 2 is 2.29 bits per heavy atom. The van der Waals surface area contributed by atoms with Gasteiger partial charge in [-0.2, -0.15) is 0 Å². The summed E-state index contributed by atoms with van der Waals surface area (Å²) >= 11 is 0. The fourth-order valence-electron chi connectivity index (χ4n) is 2.39. The van der Waals surface area contributed by atoms with E-state index in [9.17, 15) is 4.79 Å². The van der Waals surface area contributed by atoms with Crippen molar-refractivity contribution in [2.24, 2.45) is 11.8 Å². The van der Waals surface area contributed by atoms with Gasteiger partial charge in [0.1, 0.15) is 5.78 Å². The molecule has 1 heterocycles. The molecule has 1 aliphatic heterocycles. The van der Waals surface area contributed by atoms with E-state index in [2.05, 4.69) is 12.2 Å². The second kappa shape index (κ2) is 4.74. The molecule has 2 rings (SSSR count). The van der Waals surface area contributed by atoms with Gasteiger partial charge in [0.25, 0.3) is 0 Å². The third kappa shape index (κ3) is 2.24. The molecule has 0 bridgehead atoms. The number of hydrogen-bond donors (Lipinski definition) is 0. The number of carbonyl (C=O) groups excluding carboxylic acids is 1. The van der Waals surface area contributed by atoms with Gasteiger partial charge in [-0.3, -0.25) is 4.79 Å². The van der Waals surface area contributed by atoms with Crippen LogP contribution in [0.2, 0.25) is 0 Å². The smallest absolute Gasteiger partial charge is 0.138 e. The molecule has 0 aromatic rings. The number of ether oxygens (including phenoxy) is 1. The van der Waals surface area contributed by atoms with Crippen LogP contribution in [0.5, 0.6) is 0 Å². The van der Waals surface area contributed by atoms with E-state index in [4.69, 9.17) is 4.74 Å². The predicted molar refractivity (Wildman–Crippen MR) is 55.0 cm³/mol. The third-order valence-electron chi connectivity index (χ3n) is 3.31. The summed E-state index contributed by atoms with van der Waals surface area (Å²) in [6, 6.07) is 0. The van der Waals surface area contributed by atoms with Crippen molar-refractivity contribution in [2.45, 2.75) is 32.1 Å². The highest BCUT2D eigenvalue weighted by atomic mass is 16.5. The zero-order valence-corrected chi connectivity index (χ0v) is 8.58. The van der Waals surface area contributed by atoms with Crippen LogP contribution in [0, 0.1) is 11.8 Å². The summed E-state index contributed by atoms with van der Waals surface area (Å²) < 4.78 is 5.40. The van der Waals surface area contributed by atoms with Gasteiger partial charge < -0.3 is 4.74 Å². The van der Waals surface area contributed by atoms with E-state index in [0.717, 1.165) is 38.7 Å². The number of carbonyl (C=O) groups is 1. The maximum atomic E-state index is 11.8. The summed E-state index contributed by atoms with van der Waals surface area (Å²) in [5, 5.41) is 0. The van der Waals surface area contributed by atoms with Crippen LogP contribution in [-0.2, 0) is 9.53 Å². The lowest BCUT2D eigenvalue weighted by Crippen LogP contribution is -2.33. The molecular formula is C12H18O2. The molecule has 0 spiro atoms. The van der Waals surface area contributed by atoms with Crippen LogP contribution in [0.4, 0.5) is 0 Å². The minimum atomic E-state index is 0.187. The van der Waals surface area contributed by atoms with E-state index in [1.165, 1.54) is 0 Å². The van der Waals surface area contributed by atoms with Crippen molar-refractivity contribution < 1.29 is 9.53 Å². The molecular weight excluding hydrogens is 176 g/mol. The number of allylic oxidation sites excluding steroid dienone is 2. The van der Waals surface area contributed by atoms with Crippen LogP contribution in [0.25, 0.3) is 0 Å². The van der Waals surface area contributed by atoms with Gasteiger partial charge >= 0.3 is 0 Å². The van der Waals surface area contributed by atoms with E-state index in [0.29, 0.717) is 18.3 Å². The first-order chi connectivity index (χ1) is 6.88. The minimum absolute atomic E-state index is 0.187. The van der Waals surface area contributed by atoms with E-state index in [1.54, 1.807) is 0 Å². The summed E-state index contributed by atoms with van der Waals surface area (Å²) in [4.78, 5) is 11.8. The van der Waals surface area contributed by atoms with Crippen molar-refractivity contribution >= 4 is 5.78 Å². The molecule has 1 aliphatic carbocycles. The van der Waals surface area contributed by atoms with Gasteiger partial charge in [0.2, 0.25) is 0 Å².